The van der Waals surface area contributed by atoms with Gasteiger partial charge in [-0.15, -0.1) is 0 Å². The predicted molar refractivity (Wildman–Crippen MR) is 60.7 cm³/mol. The van der Waals surface area contributed by atoms with Gasteiger partial charge in [-0.2, -0.15) is 0 Å². The van der Waals surface area contributed by atoms with Crippen molar-refractivity contribution in [3.8, 4) is 0 Å². The highest BCUT2D eigenvalue weighted by Gasteiger charge is 2.06. The van der Waals surface area contributed by atoms with Crippen LogP contribution in [0, 0.1) is 6.92 Å². The second-order valence-corrected chi connectivity index (χ2v) is 3.28. The Morgan fingerprint density at radius 3 is 2.77 bits per heavy atom. The minimum Gasteiger partial charge on any atom is -0.396 e. The first-order valence-electron chi connectivity index (χ1n) is 4.42. The molecule has 1 aromatic heterocycles. The number of para-hydroxylation sites is 1. The van der Waals surface area contributed by atoms with Crippen molar-refractivity contribution in [1.29, 1.82) is 0 Å². The highest BCUT2D eigenvalue weighted by Crippen LogP contribution is 2.24. The van der Waals surface area contributed by atoms with E-state index in [1.54, 1.807) is 0 Å². The van der Waals surface area contributed by atoms with Gasteiger partial charge in [-0.3, -0.25) is 0 Å². The van der Waals surface area contributed by atoms with Crippen LogP contribution in [-0.2, 0) is 0 Å². The number of hydrogen-bond acceptors (Lipinski definition) is 0. The molecule has 2 aromatic rings. The molecule has 0 aliphatic rings. The molecule has 64 valence electrons. The largest absolute Gasteiger partial charge is 0.396 e. The van der Waals surface area contributed by atoms with Crippen LogP contribution in [0.2, 0.25) is 0 Å². The summed E-state index contributed by atoms with van der Waals surface area (Å²) < 4.78 is 2.20. The summed E-state index contributed by atoms with van der Waals surface area (Å²) in [5.74, 6) is 0. The molecule has 0 aliphatic carbocycles. The van der Waals surface area contributed by atoms with E-state index in [-0.39, 0.29) is 0 Å². The van der Waals surface area contributed by atoms with Crippen LogP contribution in [0.15, 0.2) is 30.8 Å². The van der Waals surface area contributed by atoms with Crippen molar-refractivity contribution in [2.45, 2.75) is 6.92 Å². The van der Waals surface area contributed by atoms with Crippen molar-refractivity contribution < 1.29 is 0 Å². The number of benzene rings is 1. The molecule has 2 rings (SSSR count). The van der Waals surface area contributed by atoms with Crippen LogP contribution < -0.4 is 0 Å². The van der Waals surface area contributed by atoms with Crippen LogP contribution in [0.5, 0.6) is 0 Å². The maximum Gasteiger partial charge on any atom is 0.223 e. The fourth-order valence-corrected chi connectivity index (χ4v) is 1.81. The fraction of sp³-hybridized carbons (Fsp3) is 0.0909. The average Bonchev–Trinajstić information content (AvgIpc) is 2.41. The standard InChI is InChI=1S/C11H12BN/c1-3-9-8(2)13(12)11-7-5-4-6-10(9)11/h3-7H,1,12H2,2H3. The molecule has 0 atom stereocenters. The van der Waals surface area contributed by atoms with Crippen molar-refractivity contribution in [2.75, 3.05) is 0 Å². The molecule has 0 aliphatic heterocycles. The molecular weight excluding hydrogens is 157 g/mol. The molecule has 0 radical (unpaired) electrons. The van der Waals surface area contributed by atoms with E-state index in [9.17, 15) is 0 Å². The normalized spacial score (nSPS) is 10.5. The molecule has 0 bridgehead atoms. The van der Waals surface area contributed by atoms with Crippen LogP contribution in [0.4, 0.5) is 0 Å². The molecule has 1 heterocycles. The molecule has 0 unspecified atom stereocenters. The molecule has 0 N–H and O–H groups in total. The van der Waals surface area contributed by atoms with E-state index in [0.717, 1.165) is 0 Å². The van der Waals surface area contributed by atoms with Gasteiger partial charge in [-0.05, 0) is 13.0 Å². The molecule has 0 spiro atoms. The highest BCUT2D eigenvalue weighted by atomic mass is 14.9. The second kappa shape index (κ2) is 2.80. The Morgan fingerprint density at radius 1 is 1.38 bits per heavy atom. The Morgan fingerprint density at radius 2 is 2.08 bits per heavy atom. The number of aromatic nitrogens is 1. The number of hydrogen-bond donors (Lipinski definition) is 0. The van der Waals surface area contributed by atoms with Crippen molar-refractivity contribution in [1.82, 2.24) is 4.48 Å². The van der Waals surface area contributed by atoms with Gasteiger partial charge in [-0.25, -0.2) is 0 Å². The zero-order valence-electron chi connectivity index (χ0n) is 8.04. The highest BCUT2D eigenvalue weighted by molar-refractivity contribution is 6.13. The van der Waals surface area contributed by atoms with E-state index in [1.165, 1.54) is 22.2 Å². The Balaban J connectivity index is 2.98. The SMILES string of the molecule is Bn1c(C)c(C=C)c2ccccc21. The van der Waals surface area contributed by atoms with Crippen molar-refractivity contribution in [3.05, 3.63) is 42.1 Å². The lowest BCUT2D eigenvalue weighted by Gasteiger charge is -1.97. The molecule has 0 saturated heterocycles. The summed E-state index contributed by atoms with van der Waals surface area (Å²) in [6.07, 6.45) is 1.93. The molecule has 1 nitrogen and oxygen atoms in total. The fourth-order valence-electron chi connectivity index (χ4n) is 1.81. The van der Waals surface area contributed by atoms with Gasteiger partial charge in [0.05, 0.1) is 0 Å². The Kier molecular flexibility index (Phi) is 1.76. The smallest absolute Gasteiger partial charge is 0.223 e. The summed E-state index contributed by atoms with van der Waals surface area (Å²) in [7, 11) is 2.09. The van der Waals surface area contributed by atoms with E-state index in [1.807, 2.05) is 6.08 Å². The summed E-state index contributed by atoms with van der Waals surface area (Å²) in [6.45, 7) is 5.96. The molecular formula is C11H12BN. The van der Waals surface area contributed by atoms with Gasteiger partial charge in [0.15, 0.2) is 0 Å². The van der Waals surface area contributed by atoms with Gasteiger partial charge in [-0.1, -0.05) is 30.9 Å². The van der Waals surface area contributed by atoms with Crippen molar-refractivity contribution >= 4 is 25.0 Å². The zero-order valence-corrected chi connectivity index (χ0v) is 8.04. The lowest BCUT2D eigenvalue weighted by atomic mass is 10.1. The summed E-state index contributed by atoms with van der Waals surface area (Å²) in [5.41, 5.74) is 3.80. The monoisotopic (exact) mass is 169 g/mol. The summed E-state index contributed by atoms with van der Waals surface area (Å²) in [5, 5.41) is 1.29. The maximum atomic E-state index is 3.84. The van der Waals surface area contributed by atoms with Gasteiger partial charge in [0.2, 0.25) is 7.98 Å². The summed E-state index contributed by atoms with van der Waals surface area (Å²) in [4.78, 5) is 0. The van der Waals surface area contributed by atoms with Crippen LogP contribution in [0.25, 0.3) is 17.0 Å². The number of fused-ring (bicyclic) bond motifs is 1. The zero-order chi connectivity index (χ0) is 9.42. The van der Waals surface area contributed by atoms with Crippen LogP contribution in [0.1, 0.15) is 11.3 Å². The van der Waals surface area contributed by atoms with E-state index >= 15 is 0 Å². The molecule has 2 heteroatoms. The first-order valence-corrected chi connectivity index (χ1v) is 4.42. The van der Waals surface area contributed by atoms with Crippen LogP contribution in [0.3, 0.4) is 0 Å². The Bertz CT molecular complexity index is 468. The van der Waals surface area contributed by atoms with Gasteiger partial charge in [0, 0.05) is 22.2 Å². The van der Waals surface area contributed by atoms with Gasteiger partial charge < -0.3 is 4.48 Å². The first kappa shape index (κ1) is 8.18. The average molecular weight is 169 g/mol. The van der Waals surface area contributed by atoms with E-state index in [0.29, 0.717) is 0 Å². The van der Waals surface area contributed by atoms with Gasteiger partial charge >= 0.3 is 0 Å². The molecule has 1 aromatic carbocycles. The summed E-state index contributed by atoms with van der Waals surface area (Å²) >= 11 is 0. The minimum absolute atomic E-state index is 1.25. The summed E-state index contributed by atoms with van der Waals surface area (Å²) in [6, 6.07) is 8.40. The number of nitrogens with zero attached hydrogens (tertiary/aromatic N) is 1. The molecule has 0 fully saturated rings. The predicted octanol–water partition coefficient (Wildman–Crippen LogP) is 1.99. The molecule has 13 heavy (non-hydrogen) atoms. The van der Waals surface area contributed by atoms with Crippen molar-refractivity contribution in [3.63, 3.8) is 0 Å². The molecule has 0 amide bonds. The van der Waals surface area contributed by atoms with Crippen LogP contribution >= 0.6 is 0 Å². The van der Waals surface area contributed by atoms with E-state index in [2.05, 4.69) is 50.2 Å². The lowest BCUT2D eigenvalue weighted by molar-refractivity contribution is 1.19. The third-order valence-corrected chi connectivity index (χ3v) is 2.65. The minimum atomic E-state index is 1.25. The third kappa shape index (κ3) is 1.02. The van der Waals surface area contributed by atoms with Crippen molar-refractivity contribution in [2.24, 2.45) is 0 Å². The van der Waals surface area contributed by atoms with E-state index < -0.39 is 0 Å². The van der Waals surface area contributed by atoms with Gasteiger partial charge in [0.1, 0.15) is 0 Å². The third-order valence-electron chi connectivity index (χ3n) is 2.65. The first-order chi connectivity index (χ1) is 6.25. The van der Waals surface area contributed by atoms with Gasteiger partial charge in [0.25, 0.3) is 0 Å². The van der Waals surface area contributed by atoms with Crippen LogP contribution in [-0.4, -0.2) is 12.5 Å². The molecule has 0 saturated carbocycles. The Hall–Kier alpha value is -1.44. The lowest BCUT2D eigenvalue weighted by Crippen LogP contribution is -1.93. The maximum absolute atomic E-state index is 3.84. The second-order valence-electron chi connectivity index (χ2n) is 3.28. The van der Waals surface area contributed by atoms with E-state index in [4.69, 9.17) is 0 Å². The number of rotatable bonds is 1. The quantitative estimate of drug-likeness (QED) is 0.575. The topological polar surface area (TPSA) is 4.93 Å². The Labute approximate surface area is 79.1 Å².